The number of likely N-dealkylation sites (N-methyl/N-ethyl adjacent to an activating group) is 1. The normalized spacial score (nSPS) is 19.6. The van der Waals surface area contributed by atoms with Crippen LogP contribution in [0.15, 0.2) is 18.2 Å². The fraction of sp³-hybridized carbons (Fsp3) is 0.455. The second kappa shape index (κ2) is 4.67. The summed E-state index contributed by atoms with van der Waals surface area (Å²) in [5.41, 5.74) is 0.226. The molecular weight excluding hydrogens is 225 g/mol. The van der Waals surface area contributed by atoms with Crippen LogP contribution in [0, 0.1) is 15.9 Å². The number of hydrogen-bond donors (Lipinski definition) is 1. The molecule has 0 amide bonds. The van der Waals surface area contributed by atoms with Gasteiger partial charge in [-0.15, -0.1) is 0 Å². The van der Waals surface area contributed by atoms with Crippen LogP contribution in [-0.2, 0) is 0 Å². The van der Waals surface area contributed by atoms with E-state index < -0.39 is 10.7 Å². The molecule has 0 radical (unpaired) electrons. The van der Waals surface area contributed by atoms with E-state index in [9.17, 15) is 14.5 Å². The summed E-state index contributed by atoms with van der Waals surface area (Å²) in [6, 6.07) is 4.14. The molecule has 6 heteroatoms. The Morgan fingerprint density at radius 1 is 1.59 bits per heavy atom. The fourth-order valence-corrected chi connectivity index (χ4v) is 2.08. The molecule has 5 nitrogen and oxygen atoms in total. The van der Waals surface area contributed by atoms with E-state index in [4.69, 9.17) is 0 Å². The molecule has 1 heterocycles. The van der Waals surface area contributed by atoms with Crippen molar-refractivity contribution in [2.75, 3.05) is 25.0 Å². The predicted octanol–water partition coefficient (Wildman–Crippen LogP) is 1.53. The van der Waals surface area contributed by atoms with Gasteiger partial charge in [-0.05, 0) is 19.5 Å². The lowest BCUT2D eigenvalue weighted by atomic mass is 10.2. The van der Waals surface area contributed by atoms with Crippen molar-refractivity contribution in [2.24, 2.45) is 0 Å². The smallest absolute Gasteiger partial charge is 0.272 e. The van der Waals surface area contributed by atoms with Crippen LogP contribution >= 0.6 is 0 Å². The second-order valence-electron chi connectivity index (χ2n) is 4.11. The molecule has 0 saturated carbocycles. The van der Waals surface area contributed by atoms with Crippen molar-refractivity contribution >= 4 is 11.4 Å². The SMILES string of the molecule is CNC1CCN(c2ccc([N+](=O)[O-])cc2F)C1. The summed E-state index contributed by atoms with van der Waals surface area (Å²) in [4.78, 5) is 11.8. The molecule has 1 aromatic rings. The van der Waals surface area contributed by atoms with Gasteiger partial charge in [0.05, 0.1) is 16.7 Å². The Hall–Kier alpha value is -1.69. The molecule has 1 N–H and O–H groups in total. The molecule has 0 aromatic heterocycles. The lowest BCUT2D eigenvalue weighted by molar-refractivity contribution is -0.385. The Bertz CT molecular complexity index is 439. The summed E-state index contributed by atoms with van der Waals surface area (Å²) in [6.07, 6.45) is 0.951. The van der Waals surface area contributed by atoms with E-state index in [1.54, 1.807) is 0 Å². The highest BCUT2D eigenvalue weighted by Crippen LogP contribution is 2.26. The van der Waals surface area contributed by atoms with Crippen molar-refractivity contribution in [1.29, 1.82) is 0 Å². The molecular formula is C11H14FN3O2. The highest BCUT2D eigenvalue weighted by Gasteiger charge is 2.24. The Balaban J connectivity index is 2.20. The molecule has 1 fully saturated rings. The second-order valence-corrected chi connectivity index (χ2v) is 4.11. The maximum absolute atomic E-state index is 13.7. The van der Waals surface area contributed by atoms with Crippen LogP contribution in [-0.4, -0.2) is 31.1 Å². The van der Waals surface area contributed by atoms with Crippen LogP contribution in [0.3, 0.4) is 0 Å². The van der Waals surface area contributed by atoms with Crippen LogP contribution in [0.4, 0.5) is 15.8 Å². The minimum atomic E-state index is -0.590. The zero-order valence-corrected chi connectivity index (χ0v) is 9.52. The summed E-state index contributed by atoms with van der Waals surface area (Å²) < 4.78 is 13.7. The van der Waals surface area contributed by atoms with Crippen LogP contribution in [0.5, 0.6) is 0 Å². The topological polar surface area (TPSA) is 58.4 Å². The van der Waals surface area contributed by atoms with E-state index in [-0.39, 0.29) is 5.69 Å². The molecule has 0 aliphatic carbocycles. The quantitative estimate of drug-likeness (QED) is 0.642. The van der Waals surface area contributed by atoms with Crippen LogP contribution in [0.25, 0.3) is 0 Å². The summed E-state index contributed by atoms with van der Waals surface area (Å²) in [7, 11) is 1.88. The van der Waals surface area contributed by atoms with Crippen molar-refractivity contribution in [2.45, 2.75) is 12.5 Å². The van der Waals surface area contributed by atoms with Gasteiger partial charge in [-0.3, -0.25) is 10.1 Å². The molecule has 0 spiro atoms. The first-order valence-electron chi connectivity index (χ1n) is 5.48. The molecule has 17 heavy (non-hydrogen) atoms. The van der Waals surface area contributed by atoms with E-state index in [0.29, 0.717) is 11.7 Å². The van der Waals surface area contributed by atoms with E-state index in [1.807, 2.05) is 11.9 Å². The summed E-state index contributed by atoms with van der Waals surface area (Å²) in [5.74, 6) is -0.532. The van der Waals surface area contributed by atoms with Gasteiger partial charge in [-0.25, -0.2) is 4.39 Å². The number of nitro groups is 1. The third kappa shape index (κ3) is 2.36. The van der Waals surface area contributed by atoms with Gasteiger partial charge < -0.3 is 10.2 Å². The number of non-ortho nitro benzene ring substituents is 1. The van der Waals surface area contributed by atoms with Gasteiger partial charge in [0.2, 0.25) is 0 Å². The van der Waals surface area contributed by atoms with E-state index in [0.717, 1.165) is 25.6 Å². The third-order valence-electron chi connectivity index (χ3n) is 3.08. The van der Waals surface area contributed by atoms with Gasteiger partial charge in [0.1, 0.15) is 0 Å². The Labute approximate surface area is 98.4 Å². The lowest BCUT2D eigenvalue weighted by Gasteiger charge is -2.18. The van der Waals surface area contributed by atoms with Crippen LogP contribution < -0.4 is 10.2 Å². The van der Waals surface area contributed by atoms with Gasteiger partial charge >= 0.3 is 0 Å². The maximum Gasteiger partial charge on any atom is 0.272 e. The molecule has 0 bridgehead atoms. The lowest BCUT2D eigenvalue weighted by Crippen LogP contribution is -2.29. The van der Waals surface area contributed by atoms with E-state index in [1.165, 1.54) is 12.1 Å². The van der Waals surface area contributed by atoms with Crippen molar-refractivity contribution in [1.82, 2.24) is 5.32 Å². The summed E-state index contributed by atoms with van der Waals surface area (Å²) in [5, 5.41) is 13.6. The zero-order chi connectivity index (χ0) is 12.4. The first kappa shape index (κ1) is 11.8. The average molecular weight is 239 g/mol. The number of nitrogens with zero attached hydrogens (tertiary/aromatic N) is 2. The number of rotatable bonds is 3. The Kier molecular flexibility index (Phi) is 3.23. The zero-order valence-electron chi connectivity index (χ0n) is 9.52. The van der Waals surface area contributed by atoms with Gasteiger partial charge in [0.15, 0.2) is 5.82 Å². The first-order chi connectivity index (χ1) is 8.11. The average Bonchev–Trinajstić information content (AvgIpc) is 2.77. The van der Waals surface area contributed by atoms with Gasteiger partial charge in [0.25, 0.3) is 5.69 Å². The summed E-state index contributed by atoms with van der Waals surface area (Å²) >= 11 is 0. The molecule has 1 aromatic carbocycles. The highest BCUT2D eigenvalue weighted by atomic mass is 19.1. The van der Waals surface area contributed by atoms with Gasteiger partial charge in [-0.2, -0.15) is 0 Å². The molecule has 2 rings (SSSR count). The van der Waals surface area contributed by atoms with E-state index in [2.05, 4.69) is 5.32 Å². The number of halogens is 1. The molecule has 92 valence electrons. The van der Waals surface area contributed by atoms with Crippen molar-refractivity contribution in [3.05, 3.63) is 34.1 Å². The fourth-order valence-electron chi connectivity index (χ4n) is 2.08. The van der Waals surface area contributed by atoms with Crippen LogP contribution in [0.2, 0.25) is 0 Å². The largest absolute Gasteiger partial charge is 0.368 e. The number of benzene rings is 1. The predicted molar refractivity (Wildman–Crippen MR) is 62.7 cm³/mol. The van der Waals surface area contributed by atoms with Crippen molar-refractivity contribution in [3.63, 3.8) is 0 Å². The van der Waals surface area contributed by atoms with Gasteiger partial charge in [0, 0.05) is 25.2 Å². The van der Waals surface area contributed by atoms with Crippen molar-refractivity contribution in [3.8, 4) is 0 Å². The van der Waals surface area contributed by atoms with Gasteiger partial charge in [-0.1, -0.05) is 0 Å². The standard InChI is InChI=1S/C11H14FN3O2/c1-13-8-4-5-14(7-8)11-3-2-9(15(16)17)6-10(11)12/h2-3,6,8,13H,4-5,7H2,1H3. The first-order valence-corrected chi connectivity index (χ1v) is 5.48. The molecule has 1 aliphatic rings. The Morgan fingerprint density at radius 2 is 2.35 bits per heavy atom. The number of hydrogen-bond acceptors (Lipinski definition) is 4. The molecule has 1 atom stereocenters. The maximum atomic E-state index is 13.7. The molecule has 1 saturated heterocycles. The van der Waals surface area contributed by atoms with E-state index >= 15 is 0 Å². The number of nitro benzene ring substituents is 1. The minimum Gasteiger partial charge on any atom is -0.368 e. The van der Waals surface area contributed by atoms with Crippen molar-refractivity contribution < 1.29 is 9.31 Å². The third-order valence-corrected chi connectivity index (χ3v) is 3.08. The Morgan fingerprint density at radius 3 is 2.88 bits per heavy atom. The molecule has 1 aliphatic heterocycles. The highest BCUT2D eigenvalue weighted by molar-refractivity contribution is 5.53. The number of anilines is 1. The monoisotopic (exact) mass is 239 g/mol. The summed E-state index contributed by atoms with van der Waals surface area (Å²) in [6.45, 7) is 1.49. The minimum absolute atomic E-state index is 0.212. The van der Waals surface area contributed by atoms with Crippen LogP contribution in [0.1, 0.15) is 6.42 Å². The number of nitrogens with one attached hydrogen (secondary N) is 1. The molecule has 1 unspecified atom stereocenters.